The van der Waals surface area contributed by atoms with Gasteiger partial charge in [-0.1, -0.05) is 26.2 Å². The molecular weight excluding hydrogens is 248 g/mol. The van der Waals surface area contributed by atoms with Crippen LogP contribution < -0.4 is 10.6 Å². The summed E-state index contributed by atoms with van der Waals surface area (Å²) in [6.07, 6.45) is 3.47. The zero-order valence-corrected chi connectivity index (χ0v) is 11.4. The van der Waals surface area contributed by atoms with Crippen molar-refractivity contribution < 1.29 is 19.8 Å². The third-order valence-corrected chi connectivity index (χ3v) is 3.80. The monoisotopic (exact) mass is 272 g/mol. The molecule has 1 fully saturated rings. The number of aliphatic hydroxyl groups excluding tert-OH is 1. The van der Waals surface area contributed by atoms with Crippen LogP contribution in [-0.2, 0) is 4.79 Å². The van der Waals surface area contributed by atoms with E-state index in [1.807, 2.05) is 0 Å². The van der Waals surface area contributed by atoms with E-state index in [1.165, 1.54) is 19.3 Å². The molecule has 0 aromatic carbocycles. The van der Waals surface area contributed by atoms with Crippen LogP contribution >= 0.6 is 0 Å². The Hall–Kier alpha value is -1.30. The lowest BCUT2D eigenvalue weighted by Gasteiger charge is -2.28. The Morgan fingerprint density at radius 2 is 1.95 bits per heavy atom. The maximum absolute atomic E-state index is 11.5. The summed E-state index contributed by atoms with van der Waals surface area (Å²) in [5.41, 5.74) is 0. The average Bonchev–Trinajstić information content (AvgIpc) is 2.37. The number of carbonyl (C=O) groups excluding carboxylic acids is 1. The Morgan fingerprint density at radius 1 is 1.26 bits per heavy atom. The zero-order chi connectivity index (χ0) is 14.3. The van der Waals surface area contributed by atoms with E-state index in [9.17, 15) is 9.59 Å². The van der Waals surface area contributed by atoms with E-state index in [4.69, 9.17) is 10.2 Å². The van der Waals surface area contributed by atoms with Crippen LogP contribution in [0.2, 0.25) is 0 Å². The molecule has 0 radical (unpaired) electrons. The number of carboxylic acids is 1. The van der Waals surface area contributed by atoms with E-state index >= 15 is 0 Å². The van der Waals surface area contributed by atoms with E-state index in [0.29, 0.717) is 18.4 Å². The molecule has 0 spiro atoms. The number of carbonyl (C=O) groups is 2. The van der Waals surface area contributed by atoms with Crippen LogP contribution in [-0.4, -0.2) is 41.4 Å². The Kier molecular flexibility index (Phi) is 6.62. The SMILES string of the molecule is CC1CCCCC1CNC(=O)NCC[C@H](O)C(=O)O. The molecule has 4 N–H and O–H groups in total. The minimum Gasteiger partial charge on any atom is -0.479 e. The molecule has 110 valence electrons. The van der Waals surface area contributed by atoms with Crippen LogP contribution in [0, 0.1) is 11.8 Å². The number of urea groups is 1. The molecule has 1 rings (SSSR count). The number of aliphatic hydroxyl groups is 1. The summed E-state index contributed by atoms with van der Waals surface area (Å²) in [6.45, 7) is 3.03. The number of aliphatic carboxylic acids is 1. The third-order valence-electron chi connectivity index (χ3n) is 3.80. The van der Waals surface area contributed by atoms with Crippen molar-refractivity contribution >= 4 is 12.0 Å². The molecule has 19 heavy (non-hydrogen) atoms. The summed E-state index contributed by atoms with van der Waals surface area (Å²) in [6, 6.07) is -0.296. The van der Waals surface area contributed by atoms with Gasteiger partial charge in [-0.15, -0.1) is 0 Å². The maximum Gasteiger partial charge on any atom is 0.332 e. The quantitative estimate of drug-likeness (QED) is 0.578. The highest BCUT2D eigenvalue weighted by Gasteiger charge is 2.21. The largest absolute Gasteiger partial charge is 0.479 e. The van der Waals surface area contributed by atoms with Crippen LogP contribution in [0.15, 0.2) is 0 Å². The highest BCUT2D eigenvalue weighted by Crippen LogP contribution is 2.28. The van der Waals surface area contributed by atoms with Crippen molar-refractivity contribution in [3.05, 3.63) is 0 Å². The van der Waals surface area contributed by atoms with Gasteiger partial charge in [0.15, 0.2) is 6.10 Å². The molecule has 0 aromatic heterocycles. The lowest BCUT2D eigenvalue weighted by molar-refractivity contribution is -0.146. The van der Waals surface area contributed by atoms with E-state index in [1.54, 1.807) is 0 Å². The van der Waals surface area contributed by atoms with Crippen molar-refractivity contribution in [2.75, 3.05) is 13.1 Å². The second-order valence-corrected chi connectivity index (χ2v) is 5.30. The van der Waals surface area contributed by atoms with Crippen LogP contribution in [0.25, 0.3) is 0 Å². The van der Waals surface area contributed by atoms with Crippen LogP contribution in [0.5, 0.6) is 0 Å². The molecule has 0 bridgehead atoms. The summed E-state index contributed by atoms with van der Waals surface area (Å²) in [5, 5.41) is 22.9. The number of rotatable bonds is 6. The van der Waals surface area contributed by atoms with Crippen molar-refractivity contribution in [3.8, 4) is 0 Å². The fraction of sp³-hybridized carbons (Fsp3) is 0.846. The molecule has 1 aliphatic carbocycles. The molecule has 0 heterocycles. The lowest BCUT2D eigenvalue weighted by atomic mass is 9.80. The van der Waals surface area contributed by atoms with E-state index in [0.717, 1.165) is 6.42 Å². The van der Waals surface area contributed by atoms with Crippen LogP contribution in [0.4, 0.5) is 4.79 Å². The topological polar surface area (TPSA) is 98.7 Å². The summed E-state index contributed by atoms with van der Waals surface area (Å²) in [4.78, 5) is 21.9. The summed E-state index contributed by atoms with van der Waals surface area (Å²) in [7, 11) is 0. The van der Waals surface area contributed by atoms with Crippen molar-refractivity contribution in [2.24, 2.45) is 11.8 Å². The van der Waals surface area contributed by atoms with Gasteiger partial charge in [-0.25, -0.2) is 9.59 Å². The van der Waals surface area contributed by atoms with Gasteiger partial charge in [0.05, 0.1) is 0 Å². The smallest absolute Gasteiger partial charge is 0.332 e. The average molecular weight is 272 g/mol. The van der Waals surface area contributed by atoms with Crippen molar-refractivity contribution in [1.82, 2.24) is 10.6 Å². The third kappa shape index (κ3) is 5.92. The molecule has 2 unspecified atom stereocenters. The lowest BCUT2D eigenvalue weighted by Crippen LogP contribution is -2.41. The molecule has 1 saturated carbocycles. The van der Waals surface area contributed by atoms with Gasteiger partial charge in [-0.05, 0) is 18.3 Å². The Morgan fingerprint density at radius 3 is 2.58 bits per heavy atom. The molecule has 1 aliphatic rings. The molecule has 2 amide bonds. The molecule has 3 atom stereocenters. The highest BCUT2D eigenvalue weighted by molar-refractivity contribution is 5.74. The maximum atomic E-state index is 11.5. The van der Waals surface area contributed by atoms with E-state index in [2.05, 4.69) is 17.6 Å². The Balaban J connectivity index is 2.12. The van der Waals surface area contributed by atoms with Gasteiger partial charge in [-0.2, -0.15) is 0 Å². The van der Waals surface area contributed by atoms with Crippen LogP contribution in [0.3, 0.4) is 0 Å². The van der Waals surface area contributed by atoms with Gasteiger partial charge in [-0.3, -0.25) is 0 Å². The second-order valence-electron chi connectivity index (χ2n) is 5.30. The first-order chi connectivity index (χ1) is 9.00. The number of amides is 2. The highest BCUT2D eigenvalue weighted by atomic mass is 16.4. The summed E-state index contributed by atoms with van der Waals surface area (Å²) in [5.74, 6) is -0.0924. The molecule has 6 nitrogen and oxygen atoms in total. The van der Waals surface area contributed by atoms with Crippen LogP contribution in [0.1, 0.15) is 39.0 Å². The zero-order valence-electron chi connectivity index (χ0n) is 11.4. The molecule has 0 aromatic rings. The van der Waals surface area contributed by atoms with Gasteiger partial charge >= 0.3 is 12.0 Å². The fourth-order valence-corrected chi connectivity index (χ4v) is 2.43. The van der Waals surface area contributed by atoms with Crippen molar-refractivity contribution in [1.29, 1.82) is 0 Å². The Labute approximate surface area is 113 Å². The van der Waals surface area contributed by atoms with Crippen molar-refractivity contribution in [3.63, 3.8) is 0 Å². The number of hydrogen-bond donors (Lipinski definition) is 4. The van der Waals surface area contributed by atoms with Gasteiger partial charge in [0.1, 0.15) is 0 Å². The normalized spacial score (nSPS) is 24.5. The predicted molar refractivity (Wildman–Crippen MR) is 70.8 cm³/mol. The van der Waals surface area contributed by atoms with E-state index < -0.39 is 12.1 Å². The first-order valence-corrected chi connectivity index (χ1v) is 6.93. The van der Waals surface area contributed by atoms with Gasteiger partial charge < -0.3 is 20.8 Å². The number of hydrogen-bond acceptors (Lipinski definition) is 3. The summed E-state index contributed by atoms with van der Waals surface area (Å²) < 4.78 is 0. The molecular formula is C13H24N2O4. The number of nitrogens with one attached hydrogen (secondary N) is 2. The minimum atomic E-state index is -1.42. The molecule has 6 heteroatoms. The Bertz CT molecular complexity index is 309. The van der Waals surface area contributed by atoms with Gasteiger partial charge in [0.25, 0.3) is 0 Å². The van der Waals surface area contributed by atoms with Gasteiger partial charge in [0.2, 0.25) is 0 Å². The first-order valence-electron chi connectivity index (χ1n) is 6.93. The number of carboxylic acid groups (broad SMARTS) is 1. The minimum absolute atomic E-state index is 0.0165. The standard InChI is InChI=1S/C13H24N2O4/c1-9-4-2-3-5-10(9)8-15-13(19)14-7-6-11(16)12(17)18/h9-11,16H,2-8H2,1H3,(H,17,18)(H2,14,15,19)/t9?,10?,11-/m0/s1. The van der Waals surface area contributed by atoms with E-state index in [-0.39, 0.29) is 19.0 Å². The predicted octanol–water partition coefficient (Wildman–Crippen LogP) is 0.948. The molecule has 0 aliphatic heterocycles. The second kappa shape index (κ2) is 7.99. The van der Waals surface area contributed by atoms with Gasteiger partial charge in [0, 0.05) is 19.5 Å². The first kappa shape index (κ1) is 15.8. The molecule has 0 saturated heterocycles. The fourth-order valence-electron chi connectivity index (χ4n) is 2.43. The summed E-state index contributed by atoms with van der Waals surface area (Å²) >= 11 is 0. The van der Waals surface area contributed by atoms with Crippen molar-refractivity contribution in [2.45, 2.75) is 45.1 Å².